The zero-order valence-electron chi connectivity index (χ0n) is 15.1. The molecule has 0 fully saturated rings. The predicted octanol–water partition coefficient (Wildman–Crippen LogP) is 5.14. The number of rotatable bonds is 1. The minimum absolute atomic E-state index is 0.0377. The molecule has 0 saturated heterocycles. The van der Waals surface area contributed by atoms with Crippen LogP contribution in [0.5, 0.6) is 11.5 Å². The maximum atomic E-state index is 6.90. The average Bonchev–Trinajstić information content (AvgIpc) is 2.82. The van der Waals surface area contributed by atoms with Gasteiger partial charge in [-0.2, -0.15) is 0 Å². The van der Waals surface area contributed by atoms with Crippen molar-refractivity contribution in [3.63, 3.8) is 0 Å². The predicted molar refractivity (Wildman–Crippen MR) is 103 cm³/mol. The number of benzene rings is 2. The van der Waals surface area contributed by atoms with E-state index in [1.165, 1.54) is 5.56 Å². The van der Waals surface area contributed by atoms with Crippen LogP contribution in [0.4, 0.5) is 0 Å². The summed E-state index contributed by atoms with van der Waals surface area (Å²) in [5, 5.41) is 0. The van der Waals surface area contributed by atoms with Gasteiger partial charge in [-0.15, -0.1) is 0 Å². The van der Waals surface area contributed by atoms with Crippen molar-refractivity contribution in [2.75, 3.05) is 0 Å². The maximum absolute atomic E-state index is 6.90. The first kappa shape index (κ1) is 17.9. The Morgan fingerprint density at radius 1 is 0.833 bits per heavy atom. The van der Waals surface area contributed by atoms with E-state index in [-0.39, 0.29) is 10.8 Å². The SMILES string of the molecule is CC(C)(C)c1cc2c(c(C(C)(C)C)c1)O[Te](Cl)(c1ccccc1)O2. The van der Waals surface area contributed by atoms with Gasteiger partial charge in [0.05, 0.1) is 0 Å². The van der Waals surface area contributed by atoms with Crippen molar-refractivity contribution in [1.82, 2.24) is 0 Å². The van der Waals surface area contributed by atoms with E-state index in [9.17, 15) is 0 Å². The molecule has 0 bridgehead atoms. The Morgan fingerprint density at radius 3 is 2.00 bits per heavy atom. The quantitative estimate of drug-likeness (QED) is 0.549. The molecule has 2 aromatic rings. The molecule has 0 saturated carbocycles. The molecule has 1 aliphatic rings. The normalized spacial score (nSPS) is 23.0. The Balaban J connectivity index is 2.14. The number of fused-ring (bicyclic) bond motifs is 1. The zero-order valence-corrected chi connectivity index (χ0v) is 18.2. The van der Waals surface area contributed by atoms with Crippen molar-refractivity contribution >= 4 is 30.5 Å². The summed E-state index contributed by atoms with van der Waals surface area (Å²) in [6.07, 6.45) is 0. The van der Waals surface area contributed by atoms with Crippen LogP contribution in [0.3, 0.4) is 0 Å². The van der Waals surface area contributed by atoms with Crippen LogP contribution >= 0.6 is 8.96 Å². The molecule has 2 aromatic carbocycles. The van der Waals surface area contributed by atoms with Gasteiger partial charge in [0.2, 0.25) is 0 Å². The Kier molecular flexibility index (Phi) is 4.36. The van der Waals surface area contributed by atoms with Crippen LogP contribution in [0.25, 0.3) is 0 Å². The van der Waals surface area contributed by atoms with Crippen LogP contribution in [-0.4, -0.2) is 17.9 Å². The van der Waals surface area contributed by atoms with E-state index >= 15 is 0 Å². The fraction of sp³-hybridized carbons (Fsp3) is 0.400. The first-order chi connectivity index (χ1) is 11.0. The fourth-order valence-electron chi connectivity index (χ4n) is 2.66. The topological polar surface area (TPSA) is 18.5 Å². The number of hydrogen-bond donors (Lipinski definition) is 0. The second kappa shape index (κ2) is 5.84. The molecule has 0 aliphatic carbocycles. The molecule has 0 aromatic heterocycles. The van der Waals surface area contributed by atoms with Gasteiger partial charge in [-0.1, -0.05) is 0 Å². The fourth-order valence-corrected chi connectivity index (χ4v) is 8.36. The van der Waals surface area contributed by atoms with Gasteiger partial charge < -0.3 is 0 Å². The third-order valence-electron chi connectivity index (χ3n) is 4.14. The van der Waals surface area contributed by atoms with Gasteiger partial charge in [-0.25, -0.2) is 0 Å². The van der Waals surface area contributed by atoms with E-state index in [1.807, 2.05) is 30.3 Å². The van der Waals surface area contributed by atoms with Crippen LogP contribution in [0.1, 0.15) is 52.7 Å². The summed E-state index contributed by atoms with van der Waals surface area (Å²) in [6.45, 7) is 13.2. The summed E-state index contributed by atoms with van der Waals surface area (Å²) in [6, 6.07) is 14.3. The Labute approximate surface area is 153 Å². The van der Waals surface area contributed by atoms with Crippen LogP contribution in [0, 0.1) is 0 Å². The molecule has 0 N–H and O–H groups in total. The molecule has 1 atom stereocenters. The molecule has 1 heterocycles. The third-order valence-corrected chi connectivity index (χ3v) is 10.8. The van der Waals surface area contributed by atoms with Gasteiger partial charge in [-0.3, -0.25) is 0 Å². The van der Waals surface area contributed by atoms with Crippen molar-refractivity contribution < 1.29 is 6.20 Å². The van der Waals surface area contributed by atoms with E-state index < -0.39 is 17.9 Å². The van der Waals surface area contributed by atoms with Crippen molar-refractivity contribution in [1.29, 1.82) is 0 Å². The molecule has 0 spiro atoms. The van der Waals surface area contributed by atoms with E-state index in [0.717, 1.165) is 20.7 Å². The van der Waals surface area contributed by atoms with Crippen molar-refractivity contribution in [3.05, 3.63) is 53.6 Å². The standard InChI is InChI=1S/C20H25ClO2Te/c1-19(2,3)14-12-16(20(4,5)6)18-17(13-14)22-24(21,23-18)15-10-8-7-9-11-15/h7-13H,1-6H3. The van der Waals surface area contributed by atoms with Crippen molar-refractivity contribution in [2.45, 2.75) is 52.4 Å². The van der Waals surface area contributed by atoms with E-state index in [0.29, 0.717) is 0 Å². The minimum atomic E-state index is -3.61. The molecule has 24 heavy (non-hydrogen) atoms. The van der Waals surface area contributed by atoms with Gasteiger partial charge in [0.1, 0.15) is 0 Å². The van der Waals surface area contributed by atoms with Gasteiger partial charge in [0.15, 0.2) is 0 Å². The van der Waals surface area contributed by atoms with E-state index in [2.05, 4.69) is 53.7 Å². The van der Waals surface area contributed by atoms with Crippen LogP contribution < -0.4 is 9.81 Å². The molecule has 1 aliphatic heterocycles. The van der Waals surface area contributed by atoms with Crippen LogP contribution in [-0.2, 0) is 10.8 Å². The van der Waals surface area contributed by atoms with Crippen molar-refractivity contribution in [3.8, 4) is 11.5 Å². The first-order valence-electron chi connectivity index (χ1n) is 8.17. The van der Waals surface area contributed by atoms with Crippen LogP contribution in [0.15, 0.2) is 42.5 Å². The number of hydrogen-bond acceptors (Lipinski definition) is 2. The second-order valence-corrected chi connectivity index (χ2v) is 15.8. The third kappa shape index (κ3) is 3.27. The summed E-state index contributed by atoms with van der Waals surface area (Å²) in [5.74, 6) is 1.63. The molecular formula is C20H25ClO2Te. The van der Waals surface area contributed by atoms with Gasteiger partial charge >= 0.3 is 154 Å². The molecule has 4 heteroatoms. The average molecular weight is 460 g/mol. The molecule has 3 rings (SSSR count). The summed E-state index contributed by atoms with van der Waals surface area (Å²) in [4.78, 5) is 0. The Morgan fingerprint density at radius 2 is 1.46 bits per heavy atom. The van der Waals surface area contributed by atoms with E-state index in [1.54, 1.807) is 0 Å². The number of halogens is 1. The Hall–Kier alpha value is -0.880. The molecule has 2 nitrogen and oxygen atoms in total. The molecule has 1 unspecified atom stereocenters. The molecule has 0 amide bonds. The summed E-state index contributed by atoms with van der Waals surface area (Å²) in [7, 11) is 6.90. The molecule has 130 valence electrons. The van der Waals surface area contributed by atoms with E-state index in [4.69, 9.17) is 15.2 Å². The van der Waals surface area contributed by atoms with Gasteiger partial charge in [0.25, 0.3) is 0 Å². The first-order valence-corrected chi connectivity index (χ1v) is 14.2. The van der Waals surface area contributed by atoms with Crippen molar-refractivity contribution in [2.24, 2.45) is 0 Å². The molecular weight excluding hydrogens is 435 g/mol. The second-order valence-electron chi connectivity index (χ2n) is 8.27. The molecule has 0 radical (unpaired) electrons. The van der Waals surface area contributed by atoms with Gasteiger partial charge in [-0.05, 0) is 0 Å². The van der Waals surface area contributed by atoms with Crippen LogP contribution in [0.2, 0.25) is 0 Å². The summed E-state index contributed by atoms with van der Waals surface area (Å²) >= 11 is -3.61. The monoisotopic (exact) mass is 462 g/mol. The Bertz CT molecular complexity index is 760. The summed E-state index contributed by atoms with van der Waals surface area (Å²) in [5.41, 5.74) is 2.40. The van der Waals surface area contributed by atoms with Gasteiger partial charge in [0, 0.05) is 0 Å². The zero-order chi connectivity index (χ0) is 17.8. The summed E-state index contributed by atoms with van der Waals surface area (Å²) < 4.78 is 13.6.